The minimum absolute atomic E-state index is 0.0439. The first kappa shape index (κ1) is 22.4. The van der Waals surface area contributed by atoms with E-state index in [0.717, 1.165) is 0 Å². The van der Waals surface area contributed by atoms with Gasteiger partial charge in [0.05, 0.1) is 30.4 Å². The Morgan fingerprint density at radius 3 is 2.30 bits per heavy atom. The highest BCUT2D eigenvalue weighted by Crippen LogP contribution is 2.43. The number of ether oxygens (including phenoxy) is 2. The third-order valence-electron chi connectivity index (χ3n) is 5.41. The Kier molecular flexibility index (Phi) is 6.38. The quantitative estimate of drug-likeness (QED) is 0.302. The van der Waals surface area contributed by atoms with Crippen molar-refractivity contribution in [3.8, 4) is 11.5 Å². The molecule has 7 heteroatoms. The maximum atomic E-state index is 13.2. The van der Waals surface area contributed by atoms with E-state index in [1.165, 1.54) is 4.90 Å². The van der Waals surface area contributed by atoms with E-state index < -0.39 is 17.7 Å². The van der Waals surface area contributed by atoms with Gasteiger partial charge in [-0.3, -0.25) is 14.5 Å². The van der Waals surface area contributed by atoms with Crippen LogP contribution in [-0.4, -0.2) is 30.5 Å². The van der Waals surface area contributed by atoms with Gasteiger partial charge in [-0.1, -0.05) is 41.9 Å². The molecule has 4 rings (SSSR count). The Bertz CT molecular complexity index is 1220. The lowest BCUT2D eigenvalue weighted by atomic mass is 9.95. The molecule has 1 unspecified atom stereocenters. The number of anilines is 1. The minimum atomic E-state index is -0.841. The van der Waals surface area contributed by atoms with Gasteiger partial charge in [-0.25, -0.2) is 0 Å². The van der Waals surface area contributed by atoms with Crippen molar-refractivity contribution in [2.75, 3.05) is 18.6 Å². The predicted molar refractivity (Wildman–Crippen MR) is 127 cm³/mol. The maximum Gasteiger partial charge on any atom is 0.300 e. The van der Waals surface area contributed by atoms with Crippen LogP contribution in [0, 0.1) is 0 Å². The van der Waals surface area contributed by atoms with Gasteiger partial charge in [0.2, 0.25) is 0 Å². The lowest BCUT2D eigenvalue weighted by Crippen LogP contribution is -2.29. The Balaban J connectivity index is 1.92. The summed E-state index contributed by atoms with van der Waals surface area (Å²) in [7, 11) is 1.55. The third-order valence-corrected chi connectivity index (χ3v) is 5.74. The molecule has 3 aromatic carbocycles. The van der Waals surface area contributed by atoms with Crippen LogP contribution >= 0.6 is 11.6 Å². The number of amides is 1. The molecule has 1 aliphatic rings. The first-order valence-corrected chi connectivity index (χ1v) is 10.8. The lowest BCUT2D eigenvalue weighted by molar-refractivity contribution is -0.132. The van der Waals surface area contributed by atoms with Crippen LogP contribution in [0.3, 0.4) is 0 Å². The number of ketones is 1. The third kappa shape index (κ3) is 4.17. The smallest absolute Gasteiger partial charge is 0.300 e. The molecule has 1 atom stereocenters. The normalized spacial score (nSPS) is 17.3. The van der Waals surface area contributed by atoms with Crippen molar-refractivity contribution in [3.63, 3.8) is 0 Å². The van der Waals surface area contributed by atoms with E-state index in [9.17, 15) is 14.7 Å². The fourth-order valence-electron chi connectivity index (χ4n) is 3.88. The van der Waals surface area contributed by atoms with E-state index in [0.29, 0.717) is 29.4 Å². The predicted octanol–water partition coefficient (Wildman–Crippen LogP) is 5.37. The highest BCUT2D eigenvalue weighted by atomic mass is 35.5. The molecule has 3 aromatic rings. The van der Waals surface area contributed by atoms with Gasteiger partial charge in [-0.2, -0.15) is 0 Å². The summed E-state index contributed by atoms with van der Waals surface area (Å²) >= 11 is 6.36. The van der Waals surface area contributed by atoms with Crippen molar-refractivity contribution in [2.45, 2.75) is 13.0 Å². The molecule has 33 heavy (non-hydrogen) atoms. The number of benzene rings is 3. The summed E-state index contributed by atoms with van der Waals surface area (Å²) in [5.74, 6) is -0.789. The molecule has 1 heterocycles. The van der Waals surface area contributed by atoms with Gasteiger partial charge in [-0.15, -0.1) is 0 Å². The number of Topliss-reactive ketones (excluding diaryl/α,β-unsaturated/α-hetero) is 1. The summed E-state index contributed by atoms with van der Waals surface area (Å²) in [6, 6.07) is 19.9. The fraction of sp³-hybridized carbons (Fsp3) is 0.154. The molecular formula is C26H22ClNO5. The van der Waals surface area contributed by atoms with Crippen LogP contribution in [-0.2, 0) is 9.59 Å². The molecule has 0 saturated carbocycles. The zero-order valence-electron chi connectivity index (χ0n) is 18.1. The van der Waals surface area contributed by atoms with Crippen molar-refractivity contribution in [1.29, 1.82) is 0 Å². The molecule has 1 N–H and O–H groups in total. The first-order valence-electron chi connectivity index (χ1n) is 10.4. The van der Waals surface area contributed by atoms with Gasteiger partial charge in [0.15, 0.2) is 0 Å². The number of hydrogen-bond donors (Lipinski definition) is 1. The van der Waals surface area contributed by atoms with E-state index in [4.69, 9.17) is 21.1 Å². The van der Waals surface area contributed by atoms with Gasteiger partial charge in [0, 0.05) is 11.3 Å². The number of carbonyl (C=O) groups excluding carboxylic acids is 2. The van der Waals surface area contributed by atoms with Gasteiger partial charge < -0.3 is 14.6 Å². The molecule has 0 spiro atoms. The van der Waals surface area contributed by atoms with Crippen LogP contribution in [0.2, 0.25) is 5.02 Å². The molecule has 0 aromatic heterocycles. The molecule has 1 amide bonds. The van der Waals surface area contributed by atoms with E-state index in [1.54, 1.807) is 61.7 Å². The fourth-order valence-corrected chi connectivity index (χ4v) is 4.09. The Labute approximate surface area is 196 Å². The van der Waals surface area contributed by atoms with Crippen molar-refractivity contribution >= 4 is 34.7 Å². The van der Waals surface area contributed by atoms with Crippen molar-refractivity contribution in [1.82, 2.24) is 0 Å². The topological polar surface area (TPSA) is 76.1 Å². The van der Waals surface area contributed by atoms with Gasteiger partial charge in [0.1, 0.15) is 17.3 Å². The standard InChI is InChI=1S/C26H22ClNO5/c1-3-33-19-13-14-21(27)20(15-19)24(29)22-23(16-7-5-4-6-8-16)28(26(31)25(22)30)17-9-11-18(32-2)12-10-17/h4-15,23,29H,3H2,1-2H3/b24-22+. The first-order chi connectivity index (χ1) is 16.0. The van der Waals surface area contributed by atoms with Crippen LogP contribution < -0.4 is 14.4 Å². The highest BCUT2D eigenvalue weighted by Gasteiger charge is 2.47. The van der Waals surface area contributed by atoms with Crippen LogP contribution in [0.1, 0.15) is 24.1 Å². The van der Waals surface area contributed by atoms with Crippen molar-refractivity contribution in [3.05, 3.63) is 94.5 Å². The molecule has 6 nitrogen and oxygen atoms in total. The average Bonchev–Trinajstić information content (AvgIpc) is 3.11. The summed E-state index contributed by atoms with van der Waals surface area (Å²) in [6.45, 7) is 2.26. The van der Waals surface area contributed by atoms with Crippen LogP contribution in [0.5, 0.6) is 11.5 Å². The highest BCUT2D eigenvalue weighted by molar-refractivity contribution is 6.52. The van der Waals surface area contributed by atoms with Crippen molar-refractivity contribution < 1.29 is 24.2 Å². The zero-order valence-corrected chi connectivity index (χ0v) is 18.9. The van der Waals surface area contributed by atoms with E-state index in [1.807, 2.05) is 25.1 Å². The Morgan fingerprint density at radius 1 is 1.00 bits per heavy atom. The molecule has 1 aliphatic heterocycles. The summed E-state index contributed by atoms with van der Waals surface area (Å²) in [5.41, 5.74) is 1.35. The van der Waals surface area contributed by atoms with Gasteiger partial charge in [0.25, 0.3) is 11.7 Å². The molecule has 168 valence electrons. The number of carbonyl (C=O) groups is 2. The second-order valence-electron chi connectivity index (χ2n) is 7.35. The number of aliphatic hydroxyl groups excluding tert-OH is 1. The number of aliphatic hydroxyl groups is 1. The molecular weight excluding hydrogens is 442 g/mol. The Morgan fingerprint density at radius 2 is 1.67 bits per heavy atom. The van der Waals surface area contributed by atoms with Crippen LogP contribution in [0.25, 0.3) is 5.76 Å². The molecule has 1 saturated heterocycles. The number of methoxy groups -OCH3 is 1. The summed E-state index contributed by atoms with van der Waals surface area (Å²) < 4.78 is 10.7. The second kappa shape index (κ2) is 9.38. The van der Waals surface area contributed by atoms with Crippen LogP contribution in [0.4, 0.5) is 5.69 Å². The van der Waals surface area contributed by atoms with E-state index in [2.05, 4.69) is 0 Å². The Hall–Kier alpha value is -3.77. The molecule has 0 aliphatic carbocycles. The number of rotatable bonds is 6. The molecule has 1 fully saturated rings. The summed E-state index contributed by atoms with van der Waals surface area (Å²) in [5, 5.41) is 11.5. The van der Waals surface area contributed by atoms with Gasteiger partial charge >= 0.3 is 0 Å². The van der Waals surface area contributed by atoms with Gasteiger partial charge in [-0.05, 0) is 55.0 Å². The van der Waals surface area contributed by atoms with E-state index >= 15 is 0 Å². The summed E-state index contributed by atoms with van der Waals surface area (Å²) in [4.78, 5) is 27.8. The SMILES string of the molecule is CCOc1ccc(Cl)c(/C(O)=C2\C(=O)C(=O)N(c3ccc(OC)cc3)C2c2ccccc2)c1. The largest absolute Gasteiger partial charge is 0.507 e. The molecule has 0 bridgehead atoms. The molecule has 0 radical (unpaired) electrons. The van der Waals surface area contributed by atoms with Crippen molar-refractivity contribution in [2.24, 2.45) is 0 Å². The number of halogens is 1. The van der Waals surface area contributed by atoms with E-state index in [-0.39, 0.29) is 21.9 Å². The monoisotopic (exact) mass is 463 g/mol. The maximum absolute atomic E-state index is 13.2. The summed E-state index contributed by atoms with van der Waals surface area (Å²) in [6.07, 6.45) is 0. The average molecular weight is 464 g/mol. The zero-order chi connectivity index (χ0) is 23.5. The number of hydrogen-bond acceptors (Lipinski definition) is 5. The van der Waals surface area contributed by atoms with Crippen LogP contribution in [0.15, 0.2) is 78.4 Å². The minimum Gasteiger partial charge on any atom is -0.507 e. The lowest BCUT2D eigenvalue weighted by Gasteiger charge is -2.25. The second-order valence-corrected chi connectivity index (χ2v) is 7.76. The number of nitrogens with zero attached hydrogens (tertiary/aromatic N) is 1.